The summed E-state index contributed by atoms with van der Waals surface area (Å²) < 4.78 is 5.40. The fourth-order valence-electron chi connectivity index (χ4n) is 1.75. The minimum Gasteiger partial charge on any atom is -0.462 e. The second kappa shape index (κ2) is 6.05. The summed E-state index contributed by atoms with van der Waals surface area (Å²) in [5.74, 6) is 1.40. The molecule has 0 saturated carbocycles. The van der Waals surface area contributed by atoms with Crippen molar-refractivity contribution in [1.82, 2.24) is 5.32 Å². The van der Waals surface area contributed by atoms with Crippen LogP contribution < -0.4 is 5.32 Å². The maximum atomic E-state index is 8.91. The van der Waals surface area contributed by atoms with Crippen molar-refractivity contribution in [2.75, 3.05) is 0 Å². The van der Waals surface area contributed by atoms with Crippen molar-refractivity contribution in [3.8, 4) is 0 Å². The molecular weight excluding hydrogens is 250 g/mol. The molecule has 0 fully saturated rings. The molecule has 3 nitrogen and oxygen atoms in total. The van der Waals surface area contributed by atoms with Gasteiger partial charge in [0.05, 0.1) is 6.54 Å². The number of furan rings is 1. The van der Waals surface area contributed by atoms with Gasteiger partial charge >= 0.3 is 0 Å². The standard InChI is InChI=1S/C14H16ClNO2/c1-10(11-3-2-4-12(15)7-11)16-8-13-5-6-14(9-17)18-13/h2-7,10,16-17H,8-9H2,1H3/t10-/m1/s1. The van der Waals surface area contributed by atoms with Gasteiger partial charge in [0.25, 0.3) is 0 Å². The number of benzene rings is 1. The second-order valence-corrected chi connectivity index (χ2v) is 4.62. The van der Waals surface area contributed by atoms with Crippen LogP contribution in [0.2, 0.25) is 5.02 Å². The molecule has 1 heterocycles. The van der Waals surface area contributed by atoms with Gasteiger partial charge in [-0.15, -0.1) is 0 Å². The molecule has 4 heteroatoms. The molecule has 0 radical (unpaired) electrons. The van der Waals surface area contributed by atoms with E-state index in [1.807, 2.05) is 30.3 Å². The van der Waals surface area contributed by atoms with Gasteiger partial charge in [0, 0.05) is 11.1 Å². The van der Waals surface area contributed by atoms with E-state index in [9.17, 15) is 0 Å². The molecule has 2 rings (SSSR count). The minimum absolute atomic E-state index is 0.0656. The summed E-state index contributed by atoms with van der Waals surface area (Å²) in [5.41, 5.74) is 1.14. The van der Waals surface area contributed by atoms with Crippen LogP contribution in [0.5, 0.6) is 0 Å². The molecule has 0 bridgehead atoms. The second-order valence-electron chi connectivity index (χ2n) is 4.18. The Morgan fingerprint density at radius 1 is 1.28 bits per heavy atom. The lowest BCUT2D eigenvalue weighted by molar-refractivity contribution is 0.242. The number of aliphatic hydroxyl groups is 1. The minimum atomic E-state index is -0.0656. The number of rotatable bonds is 5. The summed E-state index contributed by atoms with van der Waals surface area (Å²) >= 11 is 5.95. The first-order valence-corrected chi connectivity index (χ1v) is 6.24. The average molecular weight is 266 g/mol. The van der Waals surface area contributed by atoms with Crippen LogP contribution in [0.1, 0.15) is 30.0 Å². The van der Waals surface area contributed by atoms with Crippen LogP contribution in [-0.4, -0.2) is 5.11 Å². The van der Waals surface area contributed by atoms with Crippen molar-refractivity contribution in [2.45, 2.75) is 26.1 Å². The van der Waals surface area contributed by atoms with Crippen LogP contribution in [-0.2, 0) is 13.2 Å². The Kier molecular flexibility index (Phi) is 4.42. The van der Waals surface area contributed by atoms with Crippen LogP contribution in [0, 0.1) is 0 Å². The normalized spacial score (nSPS) is 12.6. The topological polar surface area (TPSA) is 45.4 Å². The molecule has 0 aliphatic heterocycles. The van der Waals surface area contributed by atoms with Crippen LogP contribution >= 0.6 is 11.6 Å². The number of hydrogen-bond donors (Lipinski definition) is 2. The van der Waals surface area contributed by atoms with E-state index in [2.05, 4.69) is 12.2 Å². The van der Waals surface area contributed by atoms with Gasteiger partial charge in [-0.1, -0.05) is 23.7 Å². The van der Waals surface area contributed by atoms with Gasteiger partial charge in [-0.05, 0) is 36.8 Å². The predicted molar refractivity (Wildman–Crippen MR) is 71.3 cm³/mol. The first-order chi connectivity index (χ1) is 8.69. The maximum Gasteiger partial charge on any atom is 0.129 e. The molecule has 1 aromatic carbocycles. The van der Waals surface area contributed by atoms with Crippen LogP contribution in [0.25, 0.3) is 0 Å². The fourth-order valence-corrected chi connectivity index (χ4v) is 1.95. The summed E-state index contributed by atoms with van der Waals surface area (Å²) in [5, 5.41) is 13.0. The van der Waals surface area contributed by atoms with Crippen molar-refractivity contribution >= 4 is 11.6 Å². The lowest BCUT2D eigenvalue weighted by atomic mass is 10.1. The van der Waals surface area contributed by atoms with Gasteiger partial charge in [-0.25, -0.2) is 0 Å². The molecular formula is C14H16ClNO2. The zero-order chi connectivity index (χ0) is 13.0. The highest BCUT2D eigenvalue weighted by molar-refractivity contribution is 6.30. The van der Waals surface area contributed by atoms with Crippen LogP contribution in [0.3, 0.4) is 0 Å². The number of hydrogen-bond acceptors (Lipinski definition) is 3. The Morgan fingerprint density at radius 3 is 2.72 bits per heavy atom. The summed E-state index contributed by atoms with van der Waals surface area (Å²) in [6.07, 6.45) is 0. The predicted octanol–water partition coefficient (Wildman–Crippen LogP) is 3.28. The van der Waals surface area contributed by atoms with Gasteiger partial charge in [-0.3, -0.25) is 0 Å². The average Bonchev–Trinajstić information content (AvgIpc) is 2.84. The van der Waals surface area contributed by atoms with Crippen molar-refractivity contribution in [3.05, 3.63) is 58.5 Å². The summed E-state index contributed by atoms with van der Waals surface area (Å²) in [6.45, 7) is 2.62. The Labute approximate surface area is 111 Å². The Morgan fingerprint density at radius 2 is 2.06 bits per heavy atom. The molecule has 0 aliphatic carbocycles. The van der Waals surface area contributed by atoms with Crippen molar-refractivity contribution < 1.29 is 9.52 Å². The maximum absolute atomic E-state index is 8.91. The number of aliphatic hydroxyl groups excluding tert-OH is 1. The molecule has 2 aromatic rings. The SMILES string of the molecule is C[C@@H](NCc1ccc(CO)o1)c1cccc(Cl)c1. The largest absolute Gasteiger partial charge is 0.462 e. The van der Waals surface area contributed by atoms with Crippen molar-refractivity contribution in [2.24, 2.45) is 0 Å². The molecule has 1 atom stereocenters. The molecule has 96 valence electrons. The molecule has 2 N–H and O–H groups in total. The molecule has 0 aliphatic rings. The van der Waals surface area contributed by atoms with Crippen LogP contribution in [0.4, 0.5) is 0 Å². The third-order valence-corrected chi connectivity index (χ3v) is 3.04. The van der Waals surface area contributed by atoms with Gasteiger partial charge in [0.1, 0.15) is 18.1 Å². The monoisotopic (exact) mass is 265 g/mol. The van der Waals surface area contributed by atoms with E-state index in [1.165, 1.54) is 0 Å². The van der Waals surface area contributed by atoms with Crippen LogP contribution in [0.15, 0.2) is 40.8 Å². The lowest BCUT2D eigenvalue weighted by Crippen LogP contribution is -2.17. The van der Waals surface area contributed by atoms with E-state index < -0.39 is 0 Å². The molecule has 0 amide bonds. The third-order valence-electron chi connectivity index (χ3n) is 2.80. The molecule has 18 heavy (non-hydrogen) atoms. The molecule has 0 saturated heterocycles. The first-order valence-electron chi connectivity index (χ1n) is 5.86. The highest BCUT2D eigenvalue weighted by atomic mass is 35.5. The van der Waals surface area contributed by atoms with E-state index in [0.717, 1.165) is 16.3 Å². The van der Waals surface area contributed by atoms with Gasteiger partial charge in [0.2, 0.25) is 0 Å². The molecule has 1 aromatic heterocycles. The molecule has 0 spiro atoms. The van der Waals surface area contributed by atoms with Gasteiger partial charge < -0.3 is 14.8 Å². The smallest absolute Gasteiger partial charge is 0.129 e. The zero-order valence-electron chi connectivity index (χ0n) is 10.2. The highest BCUT2D eigenvalue weighted by Crippen LogP contribution is 2.18. The fraction of sp³-hybridized carbons (Fsp3) is 0.286. The van der Waals surface area contributed by atoms with E-state index in [1.54, 1.807) is 6.07 Å². The lowest BCUT2D eigenvalue weighted by Gasteiger charge is -2.13. The van der Waals surface area contributed by atoms with E-state index in [4.69, 9.17) is 21.1 Å². The Balaban J connectivity index is 1.93. The van der Waals surface area contributed by atoms with E-state index >= 15 is 0 Å². The summed E-state index contributed by atoms with van der Waals surface area (Å²) in [4.78, 5) is 0. The highest BCUT2D eigenvalue weighted by Gasteiger charge is 2.07. The Bertz CT molecular complexity index is 510. The van der Waals surface area contributed by atoms with E-state index in [0.29, 0.717) is 12.3 Å². The van der Waals surface area contributed by atoms with Gasteiger partial charge in [-0.2, -0.15) is 0 Å². The van der Waals surface area contributed by atoms with E-state index in [-0.39, 0.29) is 12.6 Å². The number of nitrogens with one attached hydrogen (secondary N) is 1. The molecule has 0 unspecified atom stereocenters. The van der Waals surface area contributed by atoms with Crippen molar-refractivity contribution in [3.63, 3.8) is 0 Å². The Hall–Kier alpha value is -1.29. The van der Waals surface area contributed by atoms with Crippen molar-refractivity contribution in [1.29, 1.82) is 0 Å². The first kappa shape index (κ1) is 13.1. The summed E-state index contributed by atoms with van der Waals surface area (Å²) in [7, 11) is 0. The summed E-state index contributed by atoms with van der Waals surface area (Å²) in [6, 6.07) is 11.6. The zero-order valence-corrected chi connectivity index (χ0v) is 10.9. The quantitative estimate of drug-likeness (QED) is 0.872. The third kappa shape index (κ3) is 3.35. The number of halogens is 1. The van der Waals surface area contributed by atoms with Gasteiger partial charge in [0.15, 0.2) is 0 Å².